The Kier molecular flexibility index (Phi) is 7.83. The summed E-state index contributed by atoms with van der Waals surface area (Å²) in [5.41, 5.74) is 0.838. The summed E-state index contributed by atoms with van der Waals surface area (Å²) in [7, 11) is 0. The van der Waals surface area contributed by atoms with Crippen molar-refractivity contribution in [1.29, 1.82) is 0 Å². The molecule has 0 radical (unpaired) electrons. The highest BCUT2D eigenvalue weighted by Gasteiger charge is 2.02. The molecule has 0 aliphatic rings. The molecule has 0 spiro atoms. The normalized spacial score (nSPS) is 10.6. The van der Waals surface area contributed by atoms with E-state index >= 15 is 0 Å². The van der Waals surface area contributed by atoms with E-state index < -0.39 is 0 Å². The van der Waals surface area contributed by atoms with Crippen LogP contribution in [-0.4, -0.2) is 11.5 Å². The molecule has 0 saturated heterocycles. The molecule has 0 bridgehead atoms. The van der Waals surface area contributed by atoms with Crippen molar-refractivity contribution in [3.8, 4) is 0 Å². The number of hydrogen-bond donors (Lipinski definition) is 0. The molecule has 0 aliphatic carbocycles. The zero-order valence-corrected chi connectivity index (χ0v) is 12.4. The molecule has 18 heavy (non-hydrogen) atoms. The summed E-state index contributed by atoms with van der Waals surface area (Å²) < 4.78 is 0. The van der Waals surface area contributed by atoms with Crippen LogP contribution < -0.4 is 0 Å². The Morgan fingerprint density at radius 3 is 2.28 bits per heavy atom. The second-order valence-corrected chi connectivity index (χ2v) is 5.73. The summed E-state index contributed by atoms with van der Waals surface area (Å²) >= 11 is 1.90. The fourth-order valence-corrected chi connectivity index (χ4v) is 2.75. The van der Waals surface area contributed by atoms with E-state index in [0.717, 1.165) is 5.56 Å². The van der Waals surface area contributed by atoms with Gasteiger partial charge in [-0.15, -0.1) is 11.8 Å². The van der Waals surface area contributed by atoms with Gasteiger partial charge in [-0.1, -0.05) is 51.7 Å². The van der Waals surface area contributed by atoms with Crippen molar-refractivity contribution in [1.82, 2.24) is 0 Å². The van der Waals surface area contributed by atoms with E-state index in [2.05, 4.69) is 19.1 Å². The summed E-state index contributed by atoms with van der Waals surface area (Å²) in [6, 6.07) is 8.04. The zero-order chi connectivity index (χ0) is 13.2. The summed E-state index contributed by atoms with van der Waals surface area (Å²) in [6.45, 7) is 4.15. The topological polar surface area (TPSA) is 17.1 Å². The van der Waals surface area contributed by atoms with Gasteiger partial charge in [-0.2, -0.15) is 0 Å². The average molecular weight is 264 g/mol. The SMILES string of the molecule is CCCCCCCSc1ccc(C(=O)CC)cc1. The predicted molar refractivity (Wildman–Crippen MR) is 80.5 cm³/mol. The quantitative estimate of drug-likeness (QED) is 0.340. The number of benzene rings is 1. The molecule has 100 valence electrons. The summed E-state index contributed by atoms with van der Waals surface area (Å²) in [4.78, 5) is 12.8. The van der Waals surface area contributed by atoms with E-state index in [-0.39, 0.29) is 5.78 Å². The van der Waals surface area contributed by atoms with E-state index in [1.807, 2.05) is 30.8 Å². The first-order valence-corrected chi connectivity index (χ1v) is 8.02. The Balaban J connectivity index is 2.25. The third-order valence-corrected chi connectivity index (χ3v) is 4.11. The number of carbonyl (C=O) groups is 1. The molecule has 0 unspecified atom stereocenters. The van der Waals surface area contributed by atoms with E-state index in [9.17, 15) is 4.79 Å². The van der Waals surface area contributed by atoms with Crippen molar-refractivity contribution in [2.45, 2.75) is 57.3 Å². The second kappa shape index (κ2) is 9.21. The van der Waals surface area contributed by atoms with Crippen LogP contribution in [0.4, 0.5) is 0 Å². The lowest BCUT2D eigenvalue weighted by Crippen LogP contribution is -1.95. The standard InChI is InChI=1S/C16H24OS/c1-3-5-6-7-8-13-18-15-11-9-14(10-12-15)16(17)4-2/h9-12H,3-8,13H2,1-2H3. The predicted octanol–water partition coefficient (Wildman–Crippen LogP) is 5.34. The van der Waals surface area contributed by atoms with Gasteiger partial charge in [-0.25, -0.2) is 0 Å². The number of thioether (sulfide) groups is 1. The molecule has 1 aromatic carbocycles. The minimum Gasteiger partial charge on any atom is -0.294 e. The Labute approximate surface area is 115 Å². The molecular weight excluding hydrogens is 240 g/mol. The van der Waals surface area contributed by atoms with Crippen LogP contribution in [0.5, 0.6) is 0 Å². The Bertz CT molecular complexity index is 343. The van der Waals surface area contributed by atoms with Crippen LogP contribution in [0.25, 0.3) is 0 Å². The molecule has 0 saturated carbocycles. The lowest BCUT2D eigenvalue weighted by molar-refractivity contribution is 0.0988. The summed E-state index contributed by atoms with van der Waals surface area (Å²) in [6.07, 6.45) is 7.25. The van der Waals surface area contributed by atoms with Crippen LogP contribution in [0.15, 0.2) is 29.2 Å². The van der Waals surface area contributed by atoms with Gasteiger partial charge < -0.3 is 0 Å². The molecule has 1 rings (SSSR count). The highest BCUT2D eigenvalue weighted by atomic mass is 32.2. The first-order valence-electron chi connectivity index (χ1n) is 7.04. The molecule has 0 heterocycles. The molecule has 0 aromatic heterocycles. The Morgan fingerprint density at radius 1 is 1.00 bits per heavy atom. The first kappa shape index (κ1) is 15.3. The van der Waals surface area contributed by atoms with Crippen LogP contribution in [0.1, 0.15) is 62.7 Å². The van der Waals surface area contributed by atoms with Gasteiger partial charge in [0.05, 0.1) is 0 Å². The van der Waals surface area contributed by atoms with Gasteiger partial charge in [-0.3, -0.25) is 4.79 Å². The van der Waals surface area contributed by atoms with E-state index in [1.54, 1.807) is 0 Å². The second-order valence-electron chi connectivity index (χ2n) is 4.56. The number of hydrogen-bond acceptors (Lipinski definition) is 2. The lowest BCUT2D eigenvalue weighted by Gasteiger charge is -2.03. The number of Topliss-reactive ketones (excluding diaryl/α,β-unsaturated/α-hetero) is 1. The van der Waals surface area contributed by atoms with E-state index in [4.69, 9.17) is 0 Å². The molecule has 1 nitrogen and oxygen atoms in total. The highest BCUT2D eigenvalue weighted by Crippen LogP contribution is 2.20. The molecule has 1 aromatic rings. The van der Waals surface area contributed by atoms with Crippen molar-refractivity contribution >= 4 is 17.5 Å². The summed E-state index contributed by atoms with van der Waals surface area (Å²) in [5.74, 6) is 1.41. The lowest BCUT2D eigenvalue weighted by atomic mass is 10.1. The minimum atomic E-state index is 0.228. The summed E-state index contributed by atoms with van der Waals surface area (Å²) in [5, 5.41) is 0. The number of ketones is 1. The Morgan fingerprint density at radius 2 is 1.67 bits per heavy atom. The van der Waals surface area contributed by atoms with Crippen molar-refractivity contribution in [2.24, 2.45) is 0 Å². The van der Waals surface area contributed by atoms with Gasteiger partial charge in [0, 0.05) is 16.9 Å². The average Bonchev–Trinajstić information content (AvgIpc) is 2.42. The molecular formula is C16H24OS. The zero-order valence-electron chi connectivity index (χ0n) is 11.6. The minimum absolute atomic E-state index is 0.228. The fourth-order valence-electron chi connectivity index (χ4n) is 1.84. The van der Waals surface area contributed by atoms with Crippen LogP contribution in [0.2, 0.25) is 0 Å². The van der Waals surface area contributed by atoms with E-state index in [1.165, 1.54) is 42.8 Å². The van der Waals surface area contributed by atoms with Crippen molar-refractivity contribution in [2.75, 3.05) is 5.75 Å². The molecule has 0 atom stereocenters. The fraction of sp³-hybridized carbons (Fsp3) is 0.562. The number of rotatable bonds is 9. The van der Waals surface area contributed by atoms with Gasteiger partial charge in [0.1, 0.15) is 0 Å². The molecule has 0 fully saturated rings. The maximum absolute atomic E-state index is 11.5. The van der Waals surface area contributed by atoms with Crippen LogP contribution in [0.3, 0.4) is 0 Å². The van der Waals surface area contributed by atoms with Crippen molar-refractivity contribution in [3.05, 3.63) is 29.8 Å². The molecule has 2 heteroatoms. The van der Waals surface area contributed by atoms with Gasteiger partial charge in [0.15, 0.2) is 5.78 Å². The third-order valence-electron chi connectivity index (χ3n) is 3.01. The van der Waals surface area contributed by atoms with E-state index in [0.29, 0.717) is 6.42 Å². The van der Waals surface area contributed by atoms with Gasteiger partial charge in [0.25, 0.3) is 0 Å². The van der Waals surface area contributed by atoms with Gasteiger partial charge in [0.2, 0.25) is 0 Å². The Hall–Kier alpha value is -0.760. The molecule has 0 N–H and O–H groups in total. The van der Waals surface area contributed by atoms with Gasteiger partial charge in [-0.05, 0) is 24.3 Å². The maximum Gasteiger partial charge on any atom is 0.162 e. The van der Waals surface area contributed by atoms with Crippen LogP contribution in [0, 0.1) is 0 Å². The molecule has 0 aliphatic heterocycles. The third kappa shape index (κ3) is 5.72. The van der Waals surface area contributed by atoms with Crippen LogP contribution >= 0.6 is 11.8 Å². The largest absolute Gasteiger partial charge is 0.294 e. The monoisotopic (exact) mass is 264 g/mol. The first-order chi connectivity index (χ1) is 8.77. The van der Waals surface area contributed by atoms with Crippen molar-refractivity contribution in [3.63, 3.8) is 0 Å². The molecule has 0 amide bonds. The number of carbonyl (C=O) groups excluding carboxylic acids is 1. The highest BCUT2D eigenvalue weighted by molar-refractivity contribution is 7.99. The van der Waals surface area contributed by atoms with Crippen LogP contribution in [-0.2, 0) is 0 Å². The van der Waals surface area contributed by atoms with Gasteiger partial charge >= 0.3 is 0 Å². The maximum atomic E-state index is 11.5. The number of unbranched alkanes of at least 4 members (excludes halogenated alkanes) is 4. The smallest absolute Gasteiger partial charge is 0.162 e. The van der Waals surface area contributed by atoms with Crippen molar-refractivity contribution < 1.29 is 4.79 Å².